The number of ether oxygens (including phenoxy) is 1. The van der Waals surface area contributed by atoms with E-state index in [1.807, 2.05) is 32.9 Å². The van der Waals surface area contributed by atoms with Gasteiger partial charge < -0.3 is 19.9 Å². The molecule has 0 aliphatic carbocycles. The van der Waals surface area contributed by atoms with Gasteiger partial charge in [0.05, 0.1) is 11.4 Å². The molecule has 0 bridgehead atoms. The number of hydrogen-bond donors (Lipinski definition) is 1. The van der Waals surface area contributed by atoms with Crippen molar-refractivity contribution in [3.63, 3.8) is 0 Å². The SMILES string of the molecule is C=Cc1ccc(N2CC(c3nccnc3N3CCCC(NC(=O)OC(C)(C)C)C3)C2)nc1C=C. The van der Waals surface area contributed by atoms with E-state index in [1.165, 1.54) is 0 Å². The van der Waals surface area contributed by atoms with E-state index in [0.29, 0.717) is 6.54 Å². The lowest BCUT2D eigenvalue weighted by atomic mass is 9.94. The number of carbonyl (C=O) groups is 1. The summed E-state index contributed by atoms with van der Waals surface area (Å²) in [5.74, 6) is 2.11. The molecule has 2 aromatic heterocycles. The number of rotatable bonds is 6. The number of alkyl carbamates (subject to hydrolysis) is 1. The normalized spacial score (nSPS) is 18.7. The average Bonchev–Trinajstić information content (AvgIpc) is 2.77. The third-order valence-electron chi connectivity index (χ3n) is 6.10. The minimum Gasteiger partial charge on any atom is -0.444 e. The Morgan fingerprint density at radius 2 is 1.88 bits per heavy atom. The number of pyridine rings is 1. The Bertz CT molecular complexity index is 1060. The van der Waals surface area contributed by atoms with Gasteiger partial charge in [-0.05, 0) is 57.4 Å². The predicted molar refractivity (Wildman–Crippen MR) is 136 cm³/mol. The first-order valence-corrected chi connectivity index (χ1v) is 11.8. The van der Waals surface area contributed by atoms with Crippen molar-refractivity contribution in [3.05, 3.63) is 54.6 Å². The van der Waals surface area contributed by atoms with Crippen LogP contribution in [0.2, 0.25) is 0 Å². The Morgan fingerprint density at radius 3 is 2.59 bits per heavy atom. The molecule has 0 aromatic carbocycles. The zero-order valence-electron chi connectivity index (χ0n) is 20.3. The number of amides is 1. The van der Waals surface area contributed by atoms with Crippen LogP contribution in [0.5, 0.6) is 0 Å². The summed E-state index contributed by atoms with van der Waals surface area (Å²) >= 11 is 0. The second kappa shape index (κ2) is 9.83. The molecule has 0 spiro atoms. The number of carbonyl (C=O) groups excluding carboxylic acids is 1. The highest BCUT2D eigenvalue weighted by Crippen LogP contribution is 2.35. The molecule has 4 rings (SSSR count). The monoisotopic (exact) mass is 462 g/mol. The number of anilines is 2. The lowest BCUT2D eigenvalue weighted by molar-refractivity contribution is 0.0500. The van der Waals surface area contributed by atoms with Gasteiger partial charge in [-0.3, -0.25) is 4.98 Å². The van der Waals surface area contributed by atoms with E-state index in [2.05, 4.69) is 33.3 Å². The maximum Gasteiger partial charge on any atom is 0.407 e. The van der Waals surface area contributed by atoms with Crippen LogP contribution < -0.4 is 15.1 Å². The third kappa shape index (κ3) is 5.38. The molecule has 4 heterocycles. The molecule has 34 heavy (non-hydrogen) atoms. The summed E-state index contributed by atoms with van der Waals surface area (Å²) in [6, 6.07) is 4.06. The Morgan fingerprint density at radius 1 is 1.12 bits per heavy atom. The highest BCUT2D eigenvalue weighted by Gasteiger charge is 2.35. The molecule has 8 heteroatoms. The Kier molecular flexibility index (Phi) is 6.86. The molecular formula is C26H34N6O2. The van der Waals surface area contributed by atoms with Crippen LogP contribution in [0, 0.1) is 0 Å². The Labute approximate surface area is 201 Å². The number of nitrogens with one attached hydrogen (secondary N) is 1. The third-order valence-corrected chi connectivity index (χ3v) is 6.10. The summed E-state index contributed by atoms with van der Waals surface area (Å²) in [7, 11) is 0. The number of aromatic nitrogens is 3. The average molecular weight is 463 g/mol. The van der Waals surface area contributed by atoms with E-state index in [4.69, 9.17) is 14.7 Å². The van der Waals surface area contributed by atoms with Gasteiger partial charge in [0.25, 0.3) is 0 Å². The van der Waals surface area contributed by atoms with Gasteiger partial charge in [-0.2, -0.15) is 0 Å². The Hall–Kier alpha value is -3.42. The molecule has 8 nitrogen and oxygen atoms in total. The van der Waals surface area contributed by atoms with Crippen molar-refractivity contribution in [2.24, 2.45) is 0 Å². The second-order valence-electron chi connectivity index (χ2n) is 9.85. The molecule has 1 unspecified atom stereocenters. The van der Waals surface area contributed by atoms with Gasteiger partial charge in [0.1, 0.15) is 11.4 Å². The fourth-order valence-corrected chi connectivity index (χ4v) is 4.46. The first-order valence-electron chi connectivity index (χ1n) is 11.8. The first kappa shape index (κ1) is 23.7. The molecule has 2 aliphatic heterocycles. The fourth-order valence-electron chi connectivity index (χ4n) is 4.46. The zero-order chi connectivity index (χ0) is 24.3. The lowest BCUT2D eigenvalue weighted by Gasteiger charge is -2.42. The molecule has 180 valence electrons. The minimum absolute atomic E-state index is 0.0150. The van der Waals surface area contributed by atoms with Crippen LogP contribution in [0.25, 0.3) is 12.2 Å². The van der Waals surface area contributed by atoms with E-state index in [9.17, 15) is 4.79 Å². The molecule has 2 aliphatic rings. The molecule has 0 saturated carbocycles. The smallest absolute Gasteiger partial charge is 0.407 e. The molecule has 2 saturated heterocycles. The van der Waals surface area contributed by atoms with Crippen molar-refractivity contribution in [2.75, 3.05) is 36.0 Å². The molecule has 2 aromatic rings. The summed E-state index contributed by atoms with van der Waals surface area (Å²) in [5.41, 5.74) is 2.31. The molecule has 2 fully saturated rings. The zero-order valence-corrected chi connectivity index (χ0v) is 20.3. The van der Waals surface area contributed by atoms with Gasteiger partial charge in [0.2, 0.25) is 0 Å². The summed E-state index contributed by atoms with van der Waals surface area (Å²) in [6.07, 6.45) is 8.57. The van der Waals surface area contributed by atoms with Crippen LogP contribution in [0.4, 0.5) is 16.4 Å². The van der Waals surface area contributed by atoms with E-state index >= 15 is 0 Å². The second-order valence-corrected chi connectivity index (χ2v) is 9.85. The van der Waals surface area contributed by atoms with Gasteiger partial charge in [0, 0.05) is 50.5 Å². The predicted octanol–water partition coefficient (Wildman–Crippen LogP) is 4.25. The van der Waals surface area contributed by atoms with E-state index < -0.39 is 5.60 Å². The lowest BCUT2D eigenvalue weighted by Crippen LogP contribution is -2.50. The van der Waals surface area contributed by atoms with E-state index in [-0.39, 0.29) is 18.1 Å². The molecule has 1 N–H and O–H groups in total. The number of piperidine rings is 1. The van der Waals surface area contributed by atoms with Crippen LogP contribution in [-0.2, 0) is 4.74 Å². The van der Waals surface area contributed by atoms with Gasteiger partial charge in [-0.1, -0.05) is 19.2 Å². The van der Waals surface area contributed by atoms with Crippen LogP contribution in [0.1, 0.15) is 56.5 Å². The largest absolute Gasteiger partial charge is 0.444 e. The van der Waals surface area contributed by atoms with Crippen molar-refractivity contribution in [2.45, 2.75) is 51.2 Å². The molecular weight excluding hydrogens is 428 g/mol. The number of hydrogen-bond acceptors (Lipinski definition) is 7. The quantitative estimate of drug-likeness (QED) is 0.687. The minimum atomic E-state index is -0.514. The Balaban J connectivity index is 1.42. The highest BCUT2D eigenvalue weighted by atomic mass is 16.6. The van der Waals surface area contributed by atoms with Crippen LogP contribution >= 0.6 is 0 Å². The topological polar surface area (TPSA) is 83.5 Å². The fraction of sp³-hybridized carbons (Fsp3) is 0.462. The van der Waals surface area contributed by atoms with Gasteiger partial charge >= 0.3 is 6.09 Å². The molecule has 1 amide bonds. The van der Waals surface area contributed by atoms with Gasteiger partial charge in [-0.15, -0.1) is 0 Å². The first-order chi connectivity index (χ1) is 16.3. The van der Waals surface area contributed by atoms with Crippen LogP contribution in [0.15, 0.2) is 37.7 Å². The van der Waals surface area contributed by atoms with Crippen molar-refractivity contribution in [1.82, 2.24) is 20.3 Å². The van der Waals surface area contributed by atoms with Crippen molar-refractivity contribution in [1.29, 1.82) is 0 Å². The summed E-state index contributed by atoms with van der Waals surface area (Å²) in [5, 5.41) is 3.02. The summed E-state index contributed by atoms with van der Waals surface area (Å²) in [4.78, 5) is 30.9. The summed E-state index contributed by atoms with van der Waals surface area (Å²) in [6.45, 7) is 16.6. The van der Waals surface area contributed by atoms with Gasteiger partial charge in [-0.25, -0.2) is 14.8 Å². The molecule has 0 radical (unpaired) electrons. The van der Waals surface area contributed by atoms with E-state index in [1.54, 1.807) is 24.5 Å². The number of nitrogens with zero attached hydrogens (tertiary/aromatic N) is 5. The molecule has 1 atom stereocenters. The summed E-state index contributed by atoms with van der Waals surface area (Å²) < 4.78 is 5.44. The van der Waals surface area contributed by atoms with Crippen LogP contribution in [-0.4, -0.2) is 58.9 Å². The maximum absolute atomic E-state index is 12.3. The maximum atomic E-state index is 12.3. The van der Waals surface area contributed by atoms with Gasteiger partial charge in [0.15, 0.2) is 5.82 Å². The van der Waals surface area contributed by atoms with Crippen molar-refractivity contribution >= 4 is 29.9 Å². The standard InChI is InChI=1S/C26H34N6O2/c1-6-18-10-11-22(30-21(18)7-2)32-15-19(16-32)23-24(28-13-12-27-23)31-14-8-9-20(17-31)29-25(33)34-26(3,4)5/h6-7,10-13,19-20H,1-2,8-9,14-17H2,3-5H3,(H,29,33). The van der Waals surface area contributed by atoms with Crippen molar-refractivity contribution in [3.8, 4) is 0 Å². The van der Waals surface area contributed by atoms with Crippen molar-refractivity contribution < 1.29 is 9.53 Å². The van der Waals surface area contributed by atoms with Crippen LogP contribution in [0.3, 0.4) is 0 Å². The van der Waals surface area contributed by atoms with E-state index in [0.717, 1.165) is 61.1 Å². The highest BCUT2D eigenvalue weighted by molar-refractivity contribution is 5.68.